The maximum Gasteiger partial charge on any atom is 0.369 e. The van der Waals surface area contributed by atoms with Crippen LogP contribution in [0.4, 0.5) is 5.69 Å². The van der Waals surface area contributed by atoms with Gasteiger partial charge in [0.15, 0.2) is 0 Å². The summed E-state index contributed by atoms with van der Waals surface area (Å²) in [5, 5.41) is 21.3. The first-order valence-corrected chi connectivity index (χ1v) is 4.87. The minimum atomic E-state index is -0.777. The Morgan fingerprint density at radius 1 is 1.53 bits per heavy atom. The van der Waals surface area contributed by atoms with E-state index < -0.39 is 5.97 Å². The van der Waals surface area contributed by atoms with E-state index >= 15 is 0 Å². The maximum atomic E-state index is 11.2. The zero-order chi connectivity index (χ0) is 12.7. The smallest absolute Gasteiger partial charge is 0.369 e. The van der Waals surface area contributed by atoms with E-state index in [4.69, 9.17) is 10.4 Å². The zero-order valence-electron chi connectivity index (χ0n) is 9.17. The normalized spacial score (nSPS) is 10.5. The quantitative estimate of drug-likeness (QED) is 0.353. The lowest BCUT2D eigenvalue weighted by Crippen LogP contribution is -2.17. The highest BCUT2D eigenvalue weighted by Gasteiger charge is 2.11. The van der Waals surface area contributed by atoms with Crippen LogP contribution in [-0.2, 0) is 9.53 Å². The molecular formula is C11H11N3O3. The van der Waals surface area contributed by atoms with Crippen molar-refractivity contribution in [3.63, 3.8) is 0 Å². The van der Waals surface area contributed by atoms with E-state index in [0.29, 0.717) is 5.69 Å². The van der Waals surface area contributed by atoms with Crippen LogP contribution in [0.5, 0.6) is 5.75 Å². The standard InChI is InChI=1S/C11H11N3O3/c1-2-17-11(16)10(7-12)14-13-8-3-5-9(15)6-4-8/h3-6,13,15H,2H2,1H3/b14-10-. The summed E-state index contributed by atoms with van der Waals surface area (Å²) in [4.78, 5) is 11.2. The van der Waals surface area contributed by atoms with Gasteiger partial charge >= 0.3 is 5.97 Å². The summed E-state index contributed by atoms with van der Waals surface area (Å²) in [5.41, 5.74) is 2.70. The maximum absolute atomic E-state index is 11.2. The van der Waals surface area contributed by atoms with Gasteiger partial charge in [-0.15, -0.1) is 0 Å². The Hall–Kier alpha value is -2.55. The highest BCUT2D eigenvalue weighted by molar-refractivity contribution is 6.43. The molecule has 0 amide bonds. The van der Waals surface area contributed by atoms with Crippen molar-refractivity contribution in [1.29, 1.82) is 5.26 Å². The molecule has 0 heterocycles. The summed E-state index contributed by atoms with van der Waals surface area (Å²) in [6, 6.07) is 7.65. The van der Waals surface area contributed by atoms with E-state index in [1.165, 1.54) is 12.1 Å². The Kier molecular flexibility index (Phi) is 4.51. The number of nitrogens with zero attached hydrogens (tertiary/aromatic N) is 2. The van der Waals surface area contributed by atoms with Gasteiger partial charge in [0, 0.05) is 0 Å². The number of carbonyl (C=O) groups excluding carboxylic acids is 1. The van der Waals surface area contributed by atoms with Gasteiger partial charge in [-0.1, -0.05) is 0 Å². The number of rotatable bonds is 4. The van der Waals surface area contributed by atoms with Crippen LogP contribution in [-0.4, -0.2) is 23.4 Å². The van der Waals surface area contributed by atoms with Crippen molar-refractivity contribution in [2.75, 3.05) is 12.0 Å². The van der Waals surface area contributed by atoms with Crippen LogP contribution >= 0.6 is 0 Å². The van der Waals surface area contributed by atoms with Gasteiger partial charge in [-0.3, -0.25) is 5.43 Å². The molecule has 0 aliphatic rings. The summed E-state index contributed by atoms with van der Waals surface area (Å²) in [6.45, 7) is 1.82. The predicted molar refractivity (Wildman–Crippen MR) is 61.4 cm³/mol. The highest BCUT2D eigenvalue weighted by Crippen LogP contribution is 2.13. The highest BCUT2D eigenvalue weighted by atomic mass is 16.5. The number of aromatic hydroxyl groups is 1. The van der Waals surface area contributed by atoms with Gasteiger partial charge in [-0.2, -0.15) is 10.4 Å². The molecule has 0 fully saturated rings. The van der Waals surface area contributed by atoms with Crippen molar-refractivity contribution in [2.24, 2.45) is 5.10 Å². The fourth-order valence-corrected chi connectivity index (χ4v) is 0.972. The third-order valence-corrected chi connectivity index (χ3v) is 1.74. The number of nitriles is 1. The van der Waals surface area contributed by atoms with E-state index in [2.05, 4.69) is 15.3 Å². The van der Waals surface area contributed by atoms with E-state index in [9.17, 15) is 4.79 Å². The molecule has 6 nitrogen and oxygen atoms in total. The molecule has 0 aromatic heterocycles. The van der Waals surface area contributed by atoms with Crippen molar-refractivity contribution in [1.82, 2.24) is 0 Å². The number of esters is 1. The first kappa shape index (κ1) is 12.5. The largest absolute Gasteiger partial charge is 0.508 e. The van der Waals surface area contributed by atoms with E-state index in [1.54, 1.807) is 25.1 Å². The molecule has 0 radical (unpaired) electrons. The number of phenolic OH excluding ortho intramolecular Hbond substituents is 1. The molecule has 0 aliphatic carbocycles. The number of nitrogens with one attached hydrogen (secondary N) is 1. The summed E-state index contributed by atoms with van der Waals surface area (Å²) < 4.78 is 4.63. The van der Waals surface area contributed by atoms with Gasteiger partial charge in [0.25, 0.3) is 0 Å². The number of benzene rings is 1. The summed E-state index contributed by atoms with van der Waals surface area (Å²) in [6.07, 6.45) is 0. The molecule has 1 rings (SSSR count). The molecule has 1 aromatic carbocycles. The van der Waals surface area contributed by atoms with Gasteiger partial charge in [0.1, 0.15) is 11.8 Å². The van der Waals surface area contributed by atoms with Crippen molar-refractivity contribution in [2.45, 2.75) is 6.92 Å². The minimum absolute atomic E-state index is 0.116. The fraction of sp³-hybridized carbons (Fsp3) is 0.182. The second-order valence-electron chi connectivity index (χ2n) is 2.95. The molecule has 88 valence electrons. The molecule has 0 spiro atoms. The van der Waals surface area contributed by atoms with Crippen molar-refractivity contribution in [3.05, 3.63) is 24.3 Å². The molecule has 0 atom stereocenters. The Labute approximate surface area is 98.1 Å². The topological polar surface area (TPSA) is 94.7 Å². The molecule has 6 heteroatoms. The predicted octanol–water partition coefficient (Wildman–Crippen LogP) is 1.25. The van der Waals surface area contributed by atoms with Crippen molar-refractivity contribution < 1.29 is 14.6 Å². The SMILES string of the molecule is CCOC(=O)/C(C#N)=N\Nc1ccc(O)cc1. The number of carbonyl (C=O) groups is 1. The molecule has 0 saturated heterocycles. The molecule has 2 N–H and O–H groups in total. The Balaban J connectivity index is 2.71. The Morgan fingerprint density at radius 2 is 2.18 bits per heavy atom. The van der Waals surface area contributed by atoms with Gasteiger partial charge in [-0.25, -0.2) is 4.79 Å². The molecule has 0 unspecified atom stereocenters. The van der Waals surface area contributed by atoms with E-state index in [0.717, 1.165) is 0 Å². The number of hydrazone groups is 1. The van der Waals surface area contributed by atoms with Gasteiger partial charge in [0.05, 0.1) is 12.3 Å². The molecule has 0 aliphatic heterocycles. The Morgan fingerprint density at radius 3 is 2.71 bits per heavy atom. The van der Waals surface area contributed by atoms with Crippen molar-refractivity contribution >= 4 is 17.4 Å². The third-order valence-electron chi connectivity index (χ3n) is 1.74. The lowest BCUT2D eigenvalue weighted by molar-refractivity contribution is -0.134. The first-order chi connectivity index (χ1) is 8.17. The first-order valence-electron chi connectivity index (χ1n) is 4.87. The van der Waals surface area contributed by atoms with Crippen LogP contribution in [0.3, 0.4) is 0 Å². The second kappa shape index (κ2) is 6.12. The van der Waals surface area contributed by atoms with Crippen LogP contribution in [0.15, 0.2) is 29.4 Å². The molecule has 0 saturated carbocycles. The van der Waals surface area contributed by atoms with Gasteiger partial charge in [0.2, 0.25) is 5.71 Å². The summed E-state index contributed by atoms with van der Waals surface area (Å²) in [7, 11) is 0. The number of ether oxygens (including phenoxy) is 1. The number of phenols is 1. The van der Waals surface area contributed by atoms with E-state index in [1.807, 2.05) is 0 Å². The molecule has 0 bridgehead atoms. The van der Waals surface area contributed by atoms with Crippen LogP contribution in [0.2, 0.25) is 0 Å². The minimum Gasteiger partial charge on any atom is -0.508 e. The Bertz CT molecular complexity index is 460. The number of hydrogen-bond acceptors (Lipinski definition) is 6. The number of hydrogen-bond donors (Lipinski definition) is 2. The monoisotopic (exact) mass is 233 g/mol. The van der Waals surface area contributed by atoms with Crippen molar-refractivity contribution in [3.8, 4) is 11.8 Å². The third kappa shape index (κ3) is 3.83. The fourth-order valence-electron chi connectivity index (χ4n) is 0.972. The lowest BCUT2D eigenvalue weighted by atomic mass is 10.3. The zero-order valence-corrected chi connectivity index (χ0v) is 9.17. The molecular weight excluding hydrogens is 222 g/mol. The summed E-state index contributed by atoms with van der Waals surface area (Å²) in [5.74, 6) is -0.660. The average molecular weight is 233 g/mol. The number of anilines is 1. The summed E-state index contributed by atoms with van der Waals surface area (Å²) >= 11 is 0. The molecule has 1 aromatic rings. The second-order valence-corrected chi connectivity index (χ2v) is 2.95. The van der Waals surface area contributed by atoms with Crippen LogP contribution < -0.4 is 5.43 Å². The van der Waals surface area contributed by atoms with Gasteiger partial charge in [-0.05, 0) is 31.2 Å². The van der Waals surface area contributed by atoms with Crippen LogP contribution in [0.1, 0.15) is 6.92 Å². The molecule has 17 heavy (non-hydrogen) atoms. The van der Waals surface area contributed by atoms with Crippen LogP contribution in [0.25, 0.3) is 0 Å². The van der Waals surface area contributed by atoms with Gasteiger partial charge < -0.3 is 9.84 Å². The lowest BCUT2D eigenvalue weighted by Gasteiger charge is -2.01. The van der Waals surface area contributed by atoms with Crippen LogP contribution in [0, 0.1) is 11.3 Å². The van der Waals surface area contributed by atoms with E-state index in [-0.39, 0.29) is 18.1 Å². The average Bonchev–Trinajstić information content (AvgIpc) is 2.32.